The van der Waals surface area contributed by atoms with Gasteiger partial charge in [-0.3, -0.25) is 4.79 Å². The number of aryl methyl sites for hydroxylation is 1. The van der Waals surface area contributed by atoms with Gasteiger partial charge in [0.1, 0.15) is 0 Å². The molecule has 2 aromatic rings. The minimum absolute atomic E-state index is 0.0977. The lowest BCUT2D eigenvalue weighted by atomic mass is 10.1. The molecule has 1 aromatic heterocycles. The van der Waals surface area contributed by atoms with Gasteiger partial charge in [-0.1, -0.05) is 28.1 Å². The third kappa shape index (κ3) is 2.79. The van der Waals surface area contributed by atoms with Gasteiger partial charge in [-0.05, 0) is 31.5 Å². The SMILES string of the molecule is Cc1ncoc1C(=O)NC(C)c1cccc(Br)c1. The number of carbonyl (C=O) groups excluding carboxylic acids is 1. The summed E-state index contributed by atoms with van der Waals surface area (Å²) in [6.07, 6.45) is 1.27. The number of rotatable bonds is 3. The Hall–Kier alpha value is -1.62. The molecular weight excluding hydrogens is 296 g/mol. The number of carbonyl (C=O) groups is 1. The van der Waals surface area contributed by atoms with Gasteiger partial charge in [0.05, 0.1) is 11.7 Å². The molecule has 0 aliphatic rings. The lowest BCUT2D eigenvalue weighted by molar-refractivity contribution is 0.0911. The first-order valence-corrected chi connectivity index (χ1v) is 6.33. The van der Waals surface area contributed by atoms with Gasteiger partial charge in [0, 0.05) is 4.47 Å². The molecule has 1 N–H and O–H groups in total. The molecular formula is C13H13BrN2O2. The second-order valence-corrected chi connectivity index (χ2v) is 4.93. The molecule has 94 valence electrons. The number of hydrogen-bond acceptors (Lipinski definition) is 3. The number of oxazole rings is 1. The number of nitrogens with zero attached hydrogens (tertiary/aromatic N) is 1. The van der Waals surface area contributed by atoms with Gasteiger partial charge in [0.15, 0.2) is 6.39 Å². The van der Waals surface area contributed by atoms with Crippen LogP contribution in [-0.4, -0.2) is 10.9 Å². The van der Waals surface area contributed by atoms with Crippen molar-refractivity contribution < 1.29 is 9.21 Å². The van der Waals surface area contributed by atoms with Crippen molar-refractivity contribution in [2.75, 3.05) is 0 Å². The quantitative estimate of drug-likeness (QED) is 0.947. The van der Waals surface area contributed by atoms with Crippen LogP contribution in [0.25, 0.3) is 0 Å². The highest BCUT2D eigenvalue weighted by atomic mass is 79.9. The molecule has 0 aliphatic carbocycles. The van der Waals surface area contributed by atoms with E-state index in [1.807, 2.05) is 31.2 Å². The van der Waals surface area contributed by atoms with Crippen LogP contribution in [-0.2, 0) is 0 Å². The molecule has 5 heteroatoms. The highest BCUT2D eigenvalue weighted by molar-refractivity contribution is 9.10. The Morgan fingerprint density at radius 3 is 2.89 bits per heavy atom. The predicted octanol–water partition coefficient (Wildman–Crippen LogP) is 3.24. The van der Waals surface area contributed by atoms with E-state index in [-0.39, 0.29) is 17.7 Å². The Morgan fingerprint density at radius 2 is 2.28 bits per heavy atom. The maximum atomic E-state index is 11.9. The van der Waals surface area contributed by atoms with E-state index in [2.05, 4.69) is 26.2 Å². The van der Waals surface area contributed by atoms with E-state index in [0.717, 1.165) is 10.0 Å². The summed E-state index contributed by atoms with van der Waals surface area (Å²) in [7, 11) is 0. The minimum Gasteiger partial charge on any atom is -0.438 e. The van der Waals surface area contributed by atoms with Gasteiger partial charge in [0.25, 0.3) is 5.91 Å². The molecule has 0 spiro atoms. The van der Waals surface area contributed by atoms with E-state index in [0.29, 0.717) is 5.69 Å². The van der Waals surface area contributed by atoms with Crippen molar-refractivity contribution in [2.24, 2.45) is 0 Å². The van der Waals surface area contributed by atoms with E-state index in [1.54, 1.807) is 6.92 Å². The maximum absolute atomic E-state index is 11.9. The monoisotopic (exact) mass is 308 g/mol. The normalized spacial score (nSPS) is 12.2. The van der Waals surface area contributed by atoms with E-state index < -0.39 is 0 Å². The summed E-state index contributed by atoms with van der Waals surface area (Å²) >= 11 is 3.41. The third-order valence-electron chi connectivity index (χ3n) is 2.65. The lowest BCUT2D eigenvalue weighted by Crippen LogP contribution is -2.26. The average Bonchev–Trinajstić information content (AvgIpc) is 2.75. The summed E-state index contributed by atoms with van der Waals surface area (Å²) < 4.78 is 6.04. The van der Waals surface area contributed by atoms with Crippen LogP contribution in [0.5, 0.6) is 0 Å². The van der Waals surface area contributed by atoms with Crippen LogP contribution in [0.1, 0.15) is 34.8 Å². The fourth-order valence-corrected chi connectivity index (χ4v) is 2.06. The fraction of sp³-hybridized carbons (Fsp3) is 0.231. The van der Waals surface area contributed by atoms with E-state index in [1.165, 1.54) is 6.39 Å². The van der Waals surface area contributed by atoms with Crippen LogP contribution >= 0.6 is 15.9 Å². The Morgan fingerprint density at radius 1 is 1.50 bits per heavy atom. The highest BCUT2D eigenvalue weighted by Gasteiger charge is 2.16. The summed E-state index contributed by atoms with van der Waals surface area (Å²) in [6.45, 7) is 3.66. The van der Waals surface area contributed by atoms with Gasteiger partial charge in [-0.2, -0.15) is 0 Å². The maximum Gasteiger partial charge on any atom is 0.289 e. The van der Waals surface area contributed by atoms with Crippen molar-refractivity contribution >= 4 is 21.8 Å². The molecule has 1 unspecified atom stereocenters. The number of halogens is 1. The standard InChI is InChI=1S/C13H13BrN2O2/c1-8(10-4-3-5-11(14)6-10)16-13(17)12-9(2)15-7-18-12/h3-8H,1-2H3,(H,16,17). The molecule has 1 atom stereocenters. The molecule has 0 radical (unpaired) electrons. The molecule has 1 heterocycles. The first-order chi connectivity index (χ1) is 8.58. The van der Waals surface area contributed by atoms with Crippen molar-refractivity contribution in [1.82, 2.24) is 10.3 Å². The van der Waals surface area contributed by atoms with Gasteiger partial charge < -0.3 is 9.73 Å². The van der Waals surface area contributed by atoms with Crippen LogP contribution in [0.15, 0.2) is 39.5 Å². The molecule has 4 nitrogen and oxygen atoms in total. The van der Waals surface area contributed by atoms with Crippen molar-refractivity contribution in [3.63, 3.8) is 0 Å². The van der Waals surface area contributed by atoms with E-state index in [4.69, 9.17) is 4.42 Å². The Bertz CT molecular complexity index is 566. The molecule has 1 aromatic carbocycles. The molecule has 0 aliphatic heterocycles. The number of aromatic nitrogens is 1. The minimum atomic E-state index is -0.252. The Kier molecular flexibility index (Phi) is 3.81. The van der Waals surface area contributed by atoms with Crippen molar-refractivity contribution in [2.45, 2.75) is 19.9 Å². The predicted molar refractivity (Wildman–Crippen MR) is 71.3 cm³/mol. The summed E-state index contributed by atoms with van der Waals surface area (Å²) in [5.74, 6) is 0.00863. The first-order valence-electron chi connectivity index (χ1n) is 5.54. The van der Waals surface area contributed by atoms with Gasteiger partial charge in [-0.15, -0.1) is 0 Å². The van der Waals surface area contributed by atoms with Crippen molar-refractivity contribution in [1.29, 1.82) is 0 Å². The average molecular weight is 309 g/mol. The van der Waals surface area contributed by atoms with Crippen LogP contribution in [0, 0.1) is 6.92 Å². The van der Waals surface area contributed by atoms with Crippen LogP contribution < -0.4 is 5.32 Å². The van der Waals surface area contributed by atoms with Crippen molar-refractivity contribution in [3.05, 3.63) is 52.1 Å². The summed E-state index contributed by atoms with van der Waals surface area (Å²) in [5.41, 5.74) is 1.61. The van der Waals surface area contributed by atoms with Gasteiger partial charge >= 0.3 is 0 Å². The number of hydrogen-bond donors (Lipinski definition) is 1. The lowest BCUT2D eigenvalue weighted by Gasteiger charge is -2.13. The summed E-state index contributed by atoms with van der Waals surface area (Å²) in [6, 6.07) is 7.71. The third-order valence-corrected chi connectivity index (χ3v) is 3.14. The number of amides is 1. The molecule has 0 saturated carbocycles. The van der Waals surface area contributed by atoms with Gasteiger partial charge in [0.2, 0.25) is 5.76 Å². The molecule has 0 saturated heterocycles. The number of benzene rings is 1. The molecule has 18 heavy (non-hydrogen) atoms. The highest BCUT2D eigenvalue weighted by Crippen LogP contribution is 2.18. The van der Waals surface area contributed by atoms with Crippen LogP contribution in [0.3, 0.4) is 0 Å². The molecule has 0 fully saturated rings. The molecule has 0 bridgehead atoms. The number of nitrogens with one attached hydrogen (secondary N) is 1. The fourth-order valence-electron chi connectivity index (χ4n) is 1.64. The Labute approximate surface area is 114 Å². The van der Waals surface area contributed by atoms with Gasteiger partial charge in [-0.25, -0.2) is 4.98 Å². The Balaban J connectivity index is 2.10. The zero-order chi connectivity index (χ0) is 13.1. The van der Waals surface area contributed by atoms with Crippen molar-refractivity contribution in [3.8, 4) is 0 Å². The van der Waals surface area contributed by atoms with Crippen LogP contribution in [0.2, 0.25) is 0 Å². The summed E-state index contributed by atoms with van der Waals surface area (Å²) in [5, 5.41) is 2.87. The van der Waals surface area contributed by atoms with E-state index in [9.17, 15) is 4.79 Å². The smallest absolute Gasteiger partial charge is 0.289 e. The topological polar surface area (TPSA) is 55.1 Å². The zero-order valence-corrected chi connectivity index (χ0v) is 11.7. The van der Waals surface area contributed by atoms with E-state index >= 15 is 0 Å². The molecule has 2 rings (SSSR count). The van der Waals surface area contributed by atoms with Crippen LogP contribution in [0.4, 0.5) is 0 Å². The molecule has 1 amide bonds. The first kappa shape index (κ1) is 12.8. The zero-order valence-electron chi connectivity index (χ0n) is 10.1. The largest absolute Gasteiger partial charge is 0.438 e. The second-order valence-electron chi connectivity index (χ2n) is 4.02. The second kappa shape index (κ2) is 5.35. The summed E-state index contributed by atoms with van der Waals surface area (Å²) in [4.78, 5) is 15.8.